The summed E-state index contributed by atoms with van der Waals surface area (Å²) >= 11 is 0. The quantitative estimate of drug-likeness (QED) is 0.557. The number of hydrogen-bond acceptors (Lipinski definition) is 4. The third kappa shape index (κ3) is 2.12. The molecule has 0 spiro atoms. The zero-order valence-electron chi connectivity index (χ0n) is 9.46. The average molecular weight is 220 g/mol. The molecule has 0 bridgehead atoms. The van der Waals surface area contributed by atoms with Crippen LogP contribution in [0.3, 0.4) is 0 Å². The summed E-state index contributed by atoms with van der Waals surface area (Å²) in [5.74, 6) is 5.56. The zero-order valence-corrected chi connectivity index (χ0v) is 9.46. The minimum Gasteiger partial charge on any atom is -0.276 e. The lowest BCUT2D eigenvalue weighted by molar-refractivity contribution is 0.501. The highest BCUT2D eigenvalue weighted by Crippen LogP contribution is 2.15. The summed E-state index contributed by atoms with van der Waals surface area (Å²) in [6, 6.07) is 3.97. The van der Waals surface area contributed by atoms with Crippen molar-refractivity contribution < 1.29 is 0 Å². The average Bonchev–Trinajstić information content (AvgIpc) is 2.84. The molecule has 0 radical (unpaired) electrons. The lowest BCUT2D eigenvalue weighted by Gasteiger charge is -2.14. The molecule has 6 nitrogen and oxygen atoms in total. The number of nitrogens with two attached hydrogens (primary N) is 1. The fourth-order valence-electron chi connectivity index (χ4n) is 1.76. The first-order valence-electron chi connectivity index (χ1n) is 5.13. The van der Waals surface area contributed by atoms with Crippen LogP contribution in [0.4, 0.5) is 0 Å². The molecule has 2 heterocycles. The molecule has 6 heteroatoms. The molecular formula is C10H16N6. The van der Waals surface area contributed by atoms with E-state index < -0.39 is 0 Å². The number of nitrogens with one attached hydrogen (secondary N) is 1. The zero-order chi connectivity index (χ0) is 11.5. The summed E-state index contributed by atoms with van der Waals surface area (Å²) < 4.78 is 3.60. The molecule has 0 saturated carbocycles. The van der Waals surface area contributed by atoms with E-state index in [9.17, 15) is 0 Å². The Morgan fingerprint density at radius 3 is 2.75 bits per heavy atom. The lowest BCUT2D eigenvalue weighted by atomic mass is 10.1. The van der Waals surface area contributed by atoms with Crippen LogP contribution in [0.2, 0.25) is 0 Å². The van der Waals surface area contributed by atoms with Crippen LogP contribution in [0, 0.1) is 0 Å². The van der Waals surface area contributed by atoms with E-state index in [-0.39, 0.29) is 6.04 Å². The highest BCUT2D eigenvalue weighted by molar-refractivity contribution is 5.11. The van der Waals surface area contributed by atoms with Gasteiger partial charge in [0.05, 0.1) is 17.4 Å². The molecule has 0 saturated heterocycles. The summed E-state index contributed by atoms with van der Waals surface area (Å²) in [5, 5.41) is 8.46. The van der Waals surface area contributed by atoms with E-state index in [1.165, 1.54) is 0 Å². The molecule has 2 rings (SSSR count). The summed E-state index contributed by atoms with van der Waals surface area (Å²) in [6.45, 7) is 0. The molecule has 3 N–H and O–H groups in total. The van der Waals surface area contributed by atoms with Crippen LogP contribution >= 0.6 is 0 Å². The van der Waals surface area contributed by atoms with Gasteiger partial charge in [-0.25, -0.2) is 0 Å². The van der Waals surface area contributed by atoms with E-state index in [1.54, 1.807) is 10.9 Å². The van der Waals surface area contributed by atoms with E-state index in [2.05, 4.69) is 15.6 Å². The van der Waals surface area contributed by atoms with Gasteiger partial charge in [0.1, 0.15) is 0 Å². The second-order valence-corrected chi connectivity index (χ2v) is 3.78. The van der Waals surface area contributed by atoms with E-state index in [4.69, 9.17) is 5.84 Å². The Hall–Kier alpha value is -1.66. The van der Waals surface area contributed by atoms with Gasteiger partial charge in [0.2, 0.25) is 0 Å². The van der Waals surface area contributed by atoms with E-state index in [0.29, 0.717) is 0 Å². The first-order valence-corrected chi connectivity index (χ1v) is 5.13. The molecule has 86 valence electrons. The molecule has 1 unspecified atom stereocenters. The minimum atomic E-state index is 0.0300. The second kappa shape index (κ2) is 4.46. The Balaban J connectivity index is 2.15. The lowest BCUT2D eigenvalue weighted by Crippen LogP contribution is -2.31. The summed E-state index contributed by atoms with van der Waals surface area (Å²) in [6.07, 6.45) is 4.43. The van der Waals surface area contributed by atoms with Gasteiger partial charge < -0.3 is 0 Å². The smallest absolute Gasteiger partial charge is 0.0684 e. The van der Waals surface area contributed by atoms with Gasteiger partial charge in [-0.2, -0.15) is 10.2 Å². The fourth-order valence-corrected chi connectivity index (χ4v) is 1.76. The van der Waals surface area contributed by atoms with E-state index >= 15 is 0 Å². The van der Waals surface area contributed by atoms with Gasteiger partial charge in [0.15, 0.2) is 0 Å². The van der Waals surface area contributed by atoms with Gasteiger partial charge in [-0.3, -0.25) is 20.6 Å². The van der Waals surface area contributed by atoms with Crippen molar-refractivity contribution in [2.24, 2.45) is 19.9 Å². The summed E-state index contributed by atoms with van der Waals surface area (Å²) in [7, 11) is 3.80. The topological polar surface area (TPSA) is 73.7 Å². The highest BCUT2D eigenvalue weighted by Gasteiger charge is 2.15. The van der Waals surface area contributed by atoms with Crippen molar-refractivity contribution in [1.82, 2.24) is 25.0 Å². The fraction of sp³-hybridized carbons (Fsp3) is 0.400. The first-order chi connectivity index (χ1) is 7.70. The molecule has 0 aliphatic rings. The molecule has 2 aromatic heterocycles. The van der Waals surface area contributed by atoms with Gasteiger partial charge in [-0.15, -0.1) is 0 Å². The standard InChI is InChI=1S/C10H16N6/c1-15-6-4-8(14-15)7-9(13-11)10-3-5-12-16(10)2/h3-6,9,13H,7,11H2,1-2H3. The van der Waals surface area contributed by atoms with Crippen LogP contribution in [0.5, 0.6) is 0 Å². The third-order valence-corrected chi connectivity index (χ3v) is 2.60. The van der Waals surface area contributed by atoms with Gasteiger partial charge in [-0.1, -0.05) is 0 Å². The van der Waals surface area contributed by atoms with Gasteiger partial charge in [-0.05, 0) is 12.1 Å². The van der Waals surface area contributed by atoms with Gasteiger partial charge >= 0.3 is 0 Å². The number of aromatic nitrogens is 4. The molecule has 0 amide bonds. The third-order valence-electron chi connectivity index (χ3n) is 2.60. The number of hydrazine groups is 1. The van der Waals surface area contributed by atoms with Crippen LogP contribution < -0.4 is 11.3 Å². The van der Waals surface area contributed by atoms with Gasteiger partial charge in [0, 0.05) is 32.9 Å². The minimum absolute atomic E-state index is 0.0300. The predicted octanol–water partition coefficient (Wildman–Crippen LogP) is -0.0993. The first kappa shape index (κ1) is 10.8. The van der Waals surface area contributed by atoms with Crippen molar-refractivity contribution in [2.75, 3.05) is 0 Å². The van der Waals surface area contributed by atoms with Crippen molar-refractivity contribution in [2.45, 2.75) is 12.5 Å². The molecule has 0 fully saturated rings. The Kier molecular flexibility index (Phi) is 3.02. The van der Waals surface area contributed by atoms with Crippen LogP contribution in [0.1, 0.15) is 17.4 Å². The molecule has 16 heavy (non-hydrogen) atoms. The second-order valence-electron chi connectivity index (χ2n) is 3.78. The van der Waals surface area contributed by atoms with E-state index in [0.717, 1.165) is 17.8 Å². The Bertz CT molecular complexity index is 457. The molecule has 0 aliphatic carbocycles. The van der Waals surface area contributed by atoms with Gasteiger partial charge in [0.25, 0.3) is 0 Å². The van der Waals surface area contributed by atoms with E-state index in [1.807, 2.05) is 37.1 Å². The molecule has 2 aromatic rings. The normalized spacial score (nSPS) is 12.9. The van der Waals surface area contributed by atoms with Crippen LogP contribution in [0.15, 0.2) is 24.5 Å². The number of nitrogens with zero attached hydrogens (tertiary/aromatic N) is 4. The predicted molar refractivity (Wildman–Crippen MR) is 60.2 cm³/mol. The molecule has 1 atom stereocenters. The van der Waals surface area contributed by atoms with Crippen LogP contribution in [0.25, 0.3) is 0 Å². The van der Waals surface area contributed by atoms with Crippen molar-refractivity contribution >= 4 is 0 Å². The largest absolute Gasteiger partial charge is 0.276 e. The summed E-state index contributed by atoms with van der Waals surface area (Å²) in [5.41, 5.74) is 4.85. The molecule has 0 aliphatic heterocycles. The Labute approximate surface area is 94.0 Å². The van der Waals surface area contributed by atoms with Crippen molar-refractivity contribution in [3.05, 3.63) is 35.9 Å². The highest BCUT2D eigenvalue weighted by atomic mass is 15.3. The monoisotopic (exact) mass is 220 g/mol. The number of aryl methyl sites for hydroxylation is 2. The maximum atomic E-state index is 5.56. The Morgan fingerprint density at radius 1 is 1.44 bits per heavy atom. The number of hydrogen-bond donors (Lipinski definition) is 2. The maximum Gasteiger partial charge on any atom is 0.0684 e. The number of rotatable bonds is 4. The van der Waals surface area contributed by atoms with Crippen LogP contribution in [-0.4, -0.2) is 19.6 Å². The van der Waals surface area contributed by atoms with Crippen LogP contribution in [-0.2, 0) is 20.5 Å². The molecule has 0 aromatic carbocycles. The Morgan fingerprint density at radius 2 is 2.25 bits per heavy atom. The molecular weight excluding hydrogens is 204 g/mol. The maximum absolute atomic E-state index is 5.56. The SMILES string of the molecule is Cn1ccc(CC(NN)c2ccnn2C)n1. The van der Waals surface area contributed by atoms with Crippen molar-refractivity contribution in [3.8, 4) is 0 Å². The van der Waals surface area contributed by atoms with Crippen molar-refractivity contribution in [1.29, 1.82) is 0 Å². The summed E-state index contributed by atoms with van der Waals surface area (Å²) in [4.78, 5) is 0. The van der Waals surface area contributed by atoms with Crippen molar-refractivity contribution in [3.63, 3.8) is 0 Å².